The van der Waals surface area contributed by atoms with E-state index in [0.717, 1.165) is 18.7 Å². The Hall–Kier alpha value is -0.860. The third kappa shape index (κ3) is 6.74. The van der Waals surface area contributed by atoms with Crippen molar-refractivity contribution in [3.05, 3.63) is 35.4 Å². The van der Waals surface area contributed by atoms with E-state index < -0.39 is 0 Å². The summed E-state index contributed by atoms with van der Waals surface area (Å²) in [5.74, 6) is 0. The summed E-state index contributed by atoms with van der Waals surface area (Å²) in [4.78, 5) is 0. The van der Waals surface area contributed by atoms with E-state index in [-0.39, 0.29) is 6.61 Å². The van der Waals surface area contributed by atoms with Crippen LogP contribution in [0.25, 0.3) is 0 Å². The minimum atomic E-state index is 0.123. The first kappa shape index (κ1) is 16.2. The highest BCUT2D eigenvalue weighted by molar-refractivity contribution is 5.21. The molecule has 0 saturated heterocycles. The van der Waals surface area contributed by atoms with Gasteiger partial charge in [0.25, 0.3) is 0 Å². The molecule has 0 fully saturated rings. The SMILES string of the molecule is CCCCCC(C)(C)CNCc1ccc(CO)cc1. The zero-order valence-electron chi connectivity index (χ0n) is 12.7. The second-order valence-corrected chi connectivity index (χ2v) is 6.20. The lowest BCUT2D eigenvalue weighted by atomic mass is 9.87. The fourth-order valence-electron chi connectivity index (χ4n) is 2.25. The summed E-state index contributed by atoms with van der Waals surface area (Å²) in [6.07, 6.45) is 5.25. The fourth-order valence-corrected chi connectivity index (χ4v) is 2.25. The Balaban J connectivity index is 2.27. The molecule has 0 atom stereocenters. The van der Waals surface area contributed by atoms with Crippen LogP contribution in [0.4, 0.5) is 0 Å². The first-order valence-corrected chi connectivity index (χ1v) is 7.47. The topological polar surface area (TPSA) is 32.3 Å². The van der Waals surface area contributed by atoms with Gasteiger partial charge in [-0.25, -0.2) is 0 Å². The van der Waals surface area contributed by atoms with Crippen molar-refractivity contribution in [3.8, 4) is 0 Å². The molecule has 19 heavy (non-hydrogen) atoms. The molecule has 1 aromatic carbocycles. The van der Waals surface area contributed by atoms with E-state index >= 15 is 0 Å². The van der Waals surface area contributed by atoms with Crippen molar-refractivity contribution in [3.63, 3.8) is 0 Å². The highest BCUT2D eigenvalue weighted by Gasteiger charge is 2.16. The summed E-state index contributed by atoms with van der Waals surface area (Å²) in [6, 6.07) is 8.15. The summed E-state index contributed by atoms with van der Waals surface area (Å²) >= 11 is 0. The van der Waals surface area contributed by atoms with Crippen molar-refractivity contribution in [2.24, 2.45) is 5.41 Å². The van der Waals surface area contributed by atoms with Crippen LogP contribution in [0, 0.1) is 5.41 Å². The van der Waals surface area contributed by atoms with Crippen LogP contribution in [-0.4, -0.2) is 11.7 Å². The van der Waals surface area contributed by atoms with Gasteiger partial charge in [0, 0.05) is 13.1 Å². The first-order valence-electron chi connectivity index (χ1n) is 7.47. The molecule has 0 aliphatic carbocycles. The van der Waals surface area contributed by atoms with Crippen molar-refractivity contribution in [1.82, 2.24) is 5.32 Å². The number of rotatable bonds is 9. The lowest BCUT2D eigenvalue weighted by Crippen LogP contribution is -2.29. The van der Waals surface area contributed by atoms with Crippen molar-refractivity contribution in [2.45, 2.75) is 59.6 Å². The van der Waals surface area contributed by atoms with E-state index in [0.29, 0.717) is 5.41 Å². The molecule has 0 aliphatic heterocycles. The average molecular weight is 263 g/mol. The number of aliphatic hydroxyl groups excluding tert-OH is 1. The predicted molar refractivity (Wildman–Crippen MR) is 82.0 cm³/mol. The molecule has 0 radical (unpaired) electrons. The quantitative estimate of drug-likeness (QED) is 0.663. The molecule has 0 bridgehead atoms. The van der Waals surface area contributed by atoms with Gasteiger partial charge in [-0.1, -0.05) is 64.3 Å². The van der Waals surface area contributed by atoms with Crippen molar-refractivity contribution in [2.75, 3.05) is 6.54 Å². The van der Waals surface area contributed by atoms with Crippen LogP contribution in [-0.2, 0) is 13.2 Å². The Morgan fingerprint density at radius 3 is 2.26 bits per heavy atom. The molecule has 0 aromatic heterocycles. The maximum absolute atomic E-state index is 9.00. The molecule has 2 nitrogen and oxygen atoms in total. The Kier molecular flexibility index (Phi) is 7.11. The number of hydrogen-bond acceptors (Lipinski definition) is 2. The average Bonchev–Trinajstić information content (AvgIpc) is 2.39. The zero-order chi connectivity index (χ0) is 14.1. The van der Waals surface area contributed by atoms with Crippen LogP contribution in [0.3, 0.4) is 0 Å². The largest absolute Gasteiger partial charge is 0.392 e. The Morgan fingerprint density at radius 2 is 1.68 bits per heavy atom. The molecule has 0 saturated carbocycles. The van der Waals surface area contributed by atoms with Crippen LogP contribution in [0.2, 0.25) is 0 Å². The molecule has 0 aliphatic rings. The Labute approximate surface area is 118 Å². The third-order valence-corrected chi connectivity index (χ3v) is 3.60. The van der Waals surface area contributed by atoms with Crippen molar-refractivity contribution >= 4 is 0 Å². The molecule has 2 heteroatoms. The van der Waals surface area contributed by atoms with E-state index in [1.807, 2.05) is 12.1 Å². The second-order valence-electron chi connectivity index (χ2n) is 6.20. The van der Waals surface area contributed by atoms with E-state index in [1.54, 1.807) is 0 Å². The molecule has 0 spiro atoms. The van der Waals surface area contributed by atoms with Crippen LogP contribution in [0.5, 0.6) is 0 Å². The van der Waals surface area contributed by atoms with Crippen LogP contribution in [0.15, 0.2) is 24.3 Å². The summed E-state index contributed by atoms with van der Waals surface area (Å²) in [7, 11) is 0. The lowest BCUT2D eigenvalue weighted by molar-refractivity contribution is 0.282. The third-order valence-electron chi connectivity index (χ3n) is 3.60. The fraction of sp³-hybridized carbons (Fsp3) is 0.647. The minimum absolute atomic E-state index is 0.123. The van der Waals surface area contributed by atoms with Crippen LogP contribution < -0.4 is 5.32 Å². The number of unbranched alkanes of at least 4 members (excludes halogenated alkanes) is 2. The molecule has 0 unspecified atom stereocenters. The second kappa shape index (κ2) is 8.34. The van der Waals surface area contributed by atoms with Gasteiger partial charge < -0.3 is 10.4 Å². The van der Waals surface area contributed by atoms with Gasteiger partial charge in [-0.05, 0) is 23.0 Å². The highest BCUT2D eigenvalue weighted by atomic mass is 16.3. The monoisotopic (exact) mass is 263 g/mol. The summed E-state index contributed by atoms with van der Waals surface area (Å²) in [5, 5.41) is 12.5. The Morgan fingerprint density at radius 1 is 1.05 bits per heavy atom. The highest BCUT2D eigenvalue weighted by Crippen LogP contribution is 2.22. The normalized spacial score (nSPS) is 11.8. The molecule has 1 rings (SSSR count). The van der Waals surface area contributed by atoms with Crippen LogP contribution >= 0.6 is 0 Å². The van der Waals surface area contributed by atoms with Gasteiger partial charge in [-0.15, -0.1) is 0 Å². The van der Waals surface area contributed by atoms with Gasteiger partial charge in [0.2, 0.25) is 0 Å². The molecular weight excluding hydrogens is 234 g/mol. The summed E-state index contributed by atoms with van der Waals surface area (Å²) in [6.45, 7) is 9.01. The standard InChI is InChI=1S/C17H29NO/c1-4-5-6-11-17(2,3)14-18-12-15-7-9-16(13-19)10-8-15/h7-10,18-19H,4-6,11-14H2,1-3H3. The van der Waals surface area contributed by atoms with E-state index in [2.05, 4.69) is 38.2 Å². The van der Waals surface area contributed by atoms with Gasteiger partial charge >= 0.3 is 0 Å². The summed E-state index contributed by atoms with van der Waals surface area (Å²) in [5.41, 5.74) is 2.63. The molecule has 0 heterocycles. The van der Waals surface area contributed by atoms with Crippen LogP contribution in [0.1, 0.15) is 57.6 Å². The number of aliphatic hydroxyl groups is 1. The maximum atomic E-state index is 9.00. The molecule has 1 aromatic rings. The number of nitrogens with one attached hydrogen (secondary N) is 1. The lowest BCUT2D eigenvalue weighted by Gasteiger charge is -2.25. The predicted octanol–water partition coefficient (Wildman–Crippen LogP) is 3.88. The van der Waals surface area contributed by atoms with Crippen molar-refractivity contribution < 1.29 is 5.11 Å². The number of hydrogen-bond donors (Lipinski definition) is 2. The van der Waals surface area contributed by atoms with Gasteiger partial charge in [0.05, 0.1) is 6.61 Å². The van der Waals surface area contributed by atoms with Crippen molar-refractivity contribution in [1.29, 1.82) is 0 Å². The minimum Gasteiger partial charge on any atom is -0.392 e. The Bertz CT molecular complexity index is 343. The maximum Gasteiger partial charge on any atom is 0.0681 e. The van der Waals surface area contributed by atoms with Gasteiger partial charge in [0.1, 0.15) is 0 Å². The molecular formula is C17H29NO. The van der Waals surface area contributed by atoms with Gasteiger partial charge in [0.15, 0.2) is 0 Å². The zero-order valence-corrected chi connectivity index (χ0v) is 12.7. The first-order chi connectivity index (χ1) is 9.07. The van der Waals surface area contributed by atoms with E-state index in [4.69, 9.17) is 5.11 Å². The van der Waals surface area contributed by atoms with Gasteiger partial charge in [-0.3, -0.25) is 0 Å². The molecule has 0 amide bonds. The number of benzene rings is 1. The van der Waals surface area contributed by atoms with Gasteiger partial charge in [-0.2, -0.15) is 0 Å². The summed E-state index contributed by atoms with van der Waals surface area (Å²) < 4.78 is 0. The van der Waals surface area contributed by atoms with E-state index in [9.17, 15) is 0 Å². The van der Waals surface area contributed by atoms with E-state index in [1.165, 1.54) is 31.2 Å². The smallest absolute Gasteiger partial charge is 0.0681 e. The molecule has 2 N–H and O–H groups in total. The molecule has 108 valence electrons.